The zero-order chi connectivity index (χ0) is 14.4. The molecule has 2 heterocycles. The van der Waals surface area contributed by atoms with Crippen LogP contribution in [0.15, 0.2) is 29.8 Å². The van der Waals surface area contributed by atoms with Gasteiger partial charge < -0.3 is 9.64 Å². The van der Waals surface area contributed by atoms with Gasteiger partial charge in [-0.2, -0.15) is 0 Å². The lowest BCUT2D eigenvalue weighted by Crippen LogP contribution is -2.34. The number of rotatable bonds is 6. The lowest BCUT2D eigenvalue weighted by atomic mass is 10.3. The number of aromatic nitrogens is 2. The zero-order valence-corrected chi connectivity index (χ0v) is 12.4. The molecule has 0 saturated heterocycles. The van der Waals surface area contributed by atoms with Crippen molar-refractivity contribution in [2.75, 3.05) is 20.3 Å². The fraction of sp³-hybridized carbons (Fsp3) is 0.357. The lowest BCUT2D eigenvalue weighted by Gasteiger charge is -2.21. The van der Waals surface area contributed by atoms with Crippen molar-refractivity contribution in [2.24, 2.45) is 0 Å². The number of hydrogen-bond donors (Lipinski definition) is 0. The molecular weight excluding hydrogens is 274 g/mol. The summed E-state index contributed by atoms with van der Waals surface area (Å²) in [5.41, 5.74) is 1.34. The molecule has 5 nitrogen and oxygen atoms in total. The van der Waals surface area contributed by atoms with E-state index in [1.807, 2.05) is 25.1 Å². The van der Waals surface area contributed by atoms with Crippen molar-refractivity contribution in [1.82, 2.24) is 14.9 Å². The molecule has 0 saturated carbocycles. The minimum Gasteiger partial charge on any atom is -0.383 e. The normalized spacial score (nSPS) is 10.5. The molecule has 2 aromatic heterocycles. The highest BCUT2D eigenvalue weighted by molar-refractivity contribution is 7.09. The fourth-order valence-electron chi connectivity index (χ4n) is 1.76. The van der Waals surface area contributed by atoms with E-state index in [4.69, 9.17) is 4.74 Å². The zero-order valence-electron chi connectivity index (χ0n) is 11.6. The molecular formula is C14H17N3O2S. The van der Waals surface area contributed by atoms with Gasteiger partial charge in [0, 0.05) is 25.2 Å². The van der Waals surface area contributed by atoms with Gasteiger partial charge in [0.1, 0.15) is 5.69 Å². The molecule has 0 aliphatic carbocycles. The summed E-state index contributed by atoms with van der Waals surface area (Å²) in [4.78, 5) is 22.7. The SMILES string of the molecule is COCCN(Cc1ccccn1)C(=O)c1csc(C)n1. The Labute approximate surface area is 122 Å². The van der Waals surface area contributed by atoms with E-state index in [1.54, 1.807) is 23.6 Å². The van der Waals surface area contributed by atoms with Crippen LogP contribution in [-0.4, -0.2) is 41.0 Å². The highest BCUT2D eigenvalue weighted by atomic mass is 32.1. The Bertz CT molecular complexity index is 557. The average Bonchev–Trinajstić information content (AvgIpc) is 2.90. The number of carbonyl (C=O) groups excluding carboxylic acids is 1. The number of aryl methyl sites for hydroxylation is 1. The molecule has 106 valence electrons. The van der Waals surface area contributed by atoms with E-state index in [0.29, 0.717) is 25.4 Å². The van der Waals surface area contributed by atoms with Gasteiger partial charge in [0.05, 0.1) is 23.9 Å². The summed E-state index contributed by atoms with van der Waals surface area (Å²) >= 11 is 1.47. The van der Waals surface area contributed by atoms with E-state index in [2.05, 4.69) is 9.97 Å². The van der Waals surface area contributed by atoms with E-state index in [-0.39, 0.29) is 5.91 Å². The Morgan fingerprint density at radius 1 is 1.45 bits per heavy atom. The van der Waals surface area contributed by atoms with Gasteiger partial charge >= 0.3 is 0 Å². The van der Waals surface area contributed by atoms with Gasteiger partial charge in [0.2, 0.25) is 0 Å². The molecule has 2 aromatic rings. The Balaban J connectivity index is 2.12. The molecule has 0 atom stereocenters. The topological polar surface area (TPSA) is 55.3 Å². The molecule has 1 amide bonds. The summed E-state index contributed by atoms with van der Waals surface area (Å²) in [6.07, 6.45) is 1.72. The second-order valence-corrected chi connectivity index (χ2v) is 5.35. The number of nitrogens with zero attached hydrogens (tertiary/aromatic N) is 3. The van der Waals surface area contributed by atoms with Crippen LogP contribution in [0, 0.1) is 6.92 Å². The predicted octanol–water partition coefficient (Wildman–Crippen LogP) is 2.14. The first-order valence-electron chi connectivity index (χ1n) is 6.31. The van der Waals surface area contributed by atoms with Crippen molar-refractivity contribution in [3.8, 4) is 0 Å². The molecule has 0 bridgehead atoms. The third-order valence-corrected chi connectivity index (χ3v) is 3.54. The van der Waals surface area contributed by atoms with Crippen LogP contribution in [0.3, 0.4) is 0 Å². The van der Waals surface area contributed by atoms with Gasteiger partial charge in [-0.05, 0) is 19.1 Å². The van der Waals surface area contributed by atoms with Crippen LogP contribution >= 0.6 is 11.3 Å². The van der Waals surface area contributed by atoms with Crippen LogP contribution < -0.4 is 0 Å². The molecule has 0 unspecified atom stereocenters. The summed E-state index contributed by atoms with van der Waals surface area (Å²) in [5, 5.41) is 2.67. The van der Waals surface area contributed by atoms with Crippen LogP contribution in [-0.2, 0) is 11.3 Å². The maximum absolute atomic E-state index is 12.5. The molecule has 0 aliphatic heterocycles. The number of carbonyl (C=O) groups is 1. The number of amides is 1. The Kier molecular flexibility index (Phi) is 5.20. The molecule has 0 fully saturated rings. The van der Waals surface area contributed by atoms with E-state index in [0.717, 1.165) is 10.7 Å². The summed E-state index contributed by atoms with van der Waals surface area (Å²) in [6, 6.07) is 5.67. The molecule has 2 rings (SSSR count). The molecule has 0 N–H and O–H groups in total. The van der Waals surface area contributed by atoms with Crippen LogP contribution in [0.25, 0.3) is 0 Å². The van der Waals surface area contributed by atoms with Crippen LogP contribution in [0.1, 0.15) is 21.2 Å². The van der Waals surface area contributed by atoms with E-state index < -0.39 is 0 Å². The van der Waals surface area contributed by atoms with Gasteiger partial charge in [-0.15, -0.1) is 11.3 Å². The van der Waals surface area contributed by atoms with Crippen LogP contribution in [0.4, 0.5) is 0 Å². The highest BCUT2D eigenvalue weighted by Crippen LogP contribution is 2.12. The number of methoxy groups -OCH3 is 1. The first-order valence-corrected chi connectivity index (χ1v) is 7.19. The summed E-state index contributed by atoms with van der Waals surface area (Å²) in [5.74, 6) is -0.0861. The van der Waals surface area contributed by atoms with E-state index >= 15 is 0 Å². The Morgan fingerprint density at radius 3 is 2.90 bits per heavy atom. The quantitative estimate of drug-likeness (QED) is 0.818. The average molecular weight is 291 g/mol. The summed E-state index contributed by atoms with van der Waals surface area (Å²) < 4.78 is 5.07. The Morgan fingerprint density at radius 2 is 2.30 bits per heavy atom. The largest absolute Gasteiger partial charge is 0.383 e. The van der Waals surface area contributed by atoms with Crippen molar-refractivity contribution in [3.63, 3.8) is 0 Å². The minimum absolute atomic E-state index is 0.0861. The summed E-state index contributed by atoms with van der Waals surface area (Å²) in [7, 11) is 1.62. The predicted molar refractivity (Wildman–Crippen MR) is 77.7 cm³/mol. The van der Waals surface area contributed by atoms with Crippen LogP contribution in [0.2, 0.25) is 0 Å². The number of thiazole rings is 1. The first-order chi connectivity index (χ1) is 9.70. The second kappa shape index (κ2) is 7.12. The third kappa shape index (κ3) is 3.85. The van der Waals surface area contributed by atoms with Crippen molar-refractivity contribution in [2.45, 2.75) is 13.5 Å². The maximum atomic E-state index is 12.5. The van der Waals surface area contributed by atoms with Crippen molar-refractivity contribution >= 4 is 17.2 Å². The van der Waals surface area contributed by atoms with Gasteiger partial charge in [0.25, 0.3) is 5.91 Å². The number of hydrogen-bond acceptors (Lipinski definition) is 5. The monoisotopic (exact) mass is 291 g/mol. The maximum Gasteiger partial charge on any atom is 0.273 e. The van der Waals surface area contributed by atoms with Crippen molar-refractivity contribution in [3.05, 3.63) is 46.2 Å². The molecule has 0 spiro atoms. The molecule has 6 heteroatoms. The fourth-order valence-corrected chi connectivity index (χ4v) is 2.35. The smallest absolute Gasteiger partial charge is 0.273 e. The molecule has 0 aliphatic rings. The van der Waals surface area contributed by atoms with Crippen LogP contribution in [0.5, 0.6) is 0 Å². The second-order valence-electron chi connectivity index (χ2n) is 4.29. The van der Waals surface area contributed by atoms with Crippen molar-refractivity contribution in [1.29, 1.82) is 0 Å². The number of ether oxygens (including phenoxy) is 1. The first kappa shape index (κ1) is 14.6. The lowest BCUT2D eigenvalue weighted by molar-refractivity contribution is 0.0673. The standard InChI is InChI=1S/C14H17N3O2S/c1-11-16-13(10-20-11)14(18)17(7-8-19-2)9-12-5-3-4-6-15-12/h3-6,10H,7-9H2,1-2H3. The highest BCUT2D eigenvalue weighted by Gasteiger charge is 2.18. The number of pyridine rings is 1. The molecule has 0 aromatic carbocycles. The van der Waals surface area contributed by atoms with Gasteiger partial charge in [-0.3, -0.25) is 9.78 Å². The molecule has 20 heavy (non-hydrogen) atoms. The minimum atomic E-state index is -0.0861. The molecule has 0 radical (unpaired) electrons. The van der Waals surface area contributed by atoms with E-state index in [9.17, 15) is 4.79 Å². The Hall–Kier alpha value is -1.79. The van der Waals surface area contributed by atoms with Gasteiger partial charge in [-0.1, -0.05) is 6.07 Å². The van der Waals surface area contributed by atoms with Gasteiger partial charge in [0.15, 0.2) is 0 Å². The van der Waals surface area contributed by atoms with E-state index in [1.165, 1.54) is 11.3 Å². The summed E-state index contributed by atoms with van der Waals surface area (Å²) in [6.45, 7) is 3.35. The van der Waals surface area contributed by atoms with Crippen molar-refractivity contribution < 1.29 is 9.53 Å². The van der Waals surface area contributed by atoms with Gasteiger partial charge in [-0.25, -0.2) is 4.98 Å². The third-order valence-electron chi connectivity index (χ3n) is 2.77.